The van der Waals surface area contributed by atoms with Crippen LogP contribution in [0.5, 0.6) is 0 Å². The molecule has 0 spiro atoms. The monoisotopic (exact) mass is 200 g/mol. The lowest BCUT2D eigenvalue weighted by atomic mass is 9.83. The highest BCUT2D eigenvalue weighted by Gasteiger charge is 2.18. The lowest BCUT2D eigenvalue weighted by Gasteiger charge is -2.25. The molecule has 1 rings (SSSR count). The molecule has 0 amide bonds. The first-order chi connectivity index (χ1) is 6.68. The van der Waals surface area contributed by atoms with Gasteiger partial charge < -0.3 is 5.11 Å². The van der Waals surface area contributed by atoms with Gasteiger partial charge in [-0.2, -0.15) is 0 Å². The standard InChI is InChI=1S/C11H22O.C2H6/c1-9(2)3-4-10-5-7-11(12)8-6-10;1-2/h9-12H,3-8H2,1-2H3;1-2H3. The van der Waals surface area contributed by atoms with Gasteiger partial charge in [0, 0.05) is 0 Å². The van der Waals surface area contributed by atoms with Gasteiger partial charge in [0.1, 0.15) is 0 Å². The van der Waals surface area contributed by atoms with Crippen LogP contribution in [0.25, 0.3) is 0 Å². The molecular formula is C13H28O. The van der Waals surface area contributed by atoms with Gasteiger partial charge in [0.05, 0.1) is 6.10 Å². The van der Waals surface area contributed by atoms with E-state index >= 15 is 0 Å². The highest BCUT2D eigenvalue weighted by Crippen LogP contribution is 2.28. The van der Waals surface area contributed by atoms with Gasteiger partial charge in [0.25, 0.3) is 0 Å². The number of rotatable bonds is 3. The summed E-state index contributed by atoms with van der Waals surface area (Å²) in [4.78, 5) is 0. The predicted molar refractivity (Wildman–Crippen MR) is 63.4 cm³/mol. The van der Waals surface area contributed by atoms with Gasteiger partial charge in [-0.05, 0) is 37.5 Å². The normalized spacial score (nSPS) is 27.0. The molecule has 0 radical (unpaired) electrons. The topological polar surface area (TPSA) is 20.2 Å². The van der Waals surface area contributed by atoms with E-state index in [0.717, 1.165) is 24.7 Å². The van der Waals surface area contributed by atoms with Crippen LogP contribution in [0.1, 0.15) is 66.2 Å². The highest BCUT2D eigenvalue weighted by molar-refractivity contribution is 4.71. The van der Waals surface area contributed by atoms with E-state index in [4.69, 9.17) is 0 Å². The van der Waals surface area contributed by atoms with E-state index in [1.54, 1.807) is 0 Å². The molecule has 14 heavy (non-hydrogen) atoms. The Morgan fingerprint density at radius 1 is 1.07 bits per heavy atom. The Bertz CT molecular complexity index is 112. The molecule has 0 bridgehead atoms. The Hall–Kier alpha value is -0.0400. The van der Waals surface area contributed by atoms with Crippen molar-refractivity contribution in [1.82, 2.24) is 0 Å². The third-order valence-corrected chi connectivity index (χ3v) is 2.97. The summed E-state index contributed by atoms with van der Waals surface area (Å²) in [5.74, 6) is 1.76. The molecule has 1 aliphatic rings. The van der Waals surface area contributed by atoms with Crippen molar-refractivity contribution < 1.29 is 5.11 Å². The Kier molecular flexibility index (Phi) is 8.26. The van der Waals surface area contributed by atoms with Crippen LogP contribution in [0.4, 0.5) is 0 Å². The van der Waals surface area contributed by atoms with Crippen LogP contribution < -0.4 is 0 Å². The van der Waals surface area contributed by atoms with E-state index < -0.39 is 0 Å². The molecule has 0 atom stereocenters. The molecule has 0 aromatic rings. The number of hydrogen-bond acceptors (Lipinski definition) is 1. The number of aliphatic hydroxyl groups excluding tert-OH is 1. The fourth-order valence-electron chi connectivity index (χ4n) is 2.00. The van der Waals surface area contributed by atoms with Gasteiger partial charge in [0.2, 0.25) is 0 Å². The van der Waals surface area contributed by atoms with E-state index in [2.05, 4.69) is 13.8 Å². The van der Waals surface area contributed by atoms with Crippen LogP contribution in [0.3, 0.4) is 0 Å². The second-order valence-corrected chi connectivity index (χ2v) is 4.65. The van der Waals surface area contributed by atoms with Crippen molar-refractivity contribution in [2.75, 3.05) is 0 Å². The van der Waals surface area contributed by atoms with E-state index in [1.807, 2.05) is 13.8 Å². The Morgan fingerprint density at radius 3 is 2.00 bits per heavy atom. The first-order valence-corrected chi connectivity index (χ1v) is 6.36. The summed E-state index contributed by atoms with van der Waals surface area (Å²) in [5.41, 5.74) is 0. The van der Waals surface area contributed by atoms with Crippen molar-refractivity contribution in [3.63, 3.8) is 0 Å². The van der Waals surface area contributed by atoms with Gasteiger partial charge in [-0.15, -0.1) is 0 Å². The molecule has 0 aromatic heterocycles. The molecule has 1 aliphatic carbocycles. The maximum absolute atomic E-state index is 9.30. The molecule has 0 unspecified atom stereocenters. The third kappa shape index (κ3) is 6.42. The summed E-state index contributed by atoms with van der Waals surface area (Å²) in [6.07, 6.45) is 7.36. The summed E-state index contributed by atoms with van der Waals surface area (Å²) in [7, 11) is 0. The van der Waals surface area contributed by atoms with E-state index in [1.165, 1.54) is 25.7 Å². The van der Waals surface area contributed by atoms with E-state index in [9.17, 15) is 5.11 Å². The zero-order chi connectivity index (χ0) is 11.0. The van der Waals surface area contributed by atoms with Gasteiger partial charge >= 0.3 is 0 Å². The first-order valence-electron chi connectivity index (χ1n) is 6.36. The third-order valence-electron chi connectivity index (χ3n) is 2.97. The lowest BCUT2D eigenvalue weighted by molar-refractivity contribution is 0.105. The molecule has 1 N–H and O–H groups in total. The van der Waals surface area contributed by atoms with Crippen molar-refractivity contribution in [3.05, 3.63) is 0 Å². The Labute approximate surface area is 89.9 Å². The summed E-state index contributed by atoms with van der Waals surface area (Å²) < 4.78 is 0. The SMILES string of the molecule is CC.CC(C)CCC1CCC(O)CC1. The maximum atomic E-state index is 9.30. The fourth-order valence-corrected chi connectivity index (χ4v) is 2.00. The average molecular weight is 200 g/mol. The van der Waals surface area contributed by atoms with Crippen molar-refractivity contribution >= 4 is 0 Å². The Balaban J connectivity index is 0.000000791. The average Bonchev–Trinajstić information content (AvgIpc) is 2.20. The minimum Gasteiger partial charge on any atom is -0.393 e. The minimum atomic E-state index is 0.0142. The molecular weight excluding hydrogens is 172 g/mol. The fraction of sp³-hybridized carbons (Fsp3) is 1.00. The van der Waals surface area contributed by atoms with Crippen LogP contribution in [-0.4, -0.2) is 11.2 Å². The smallest absolute Gasteiger partial charge is 0.0540 e. The summed E-state index contributed by atoms with van der Waals surface area (Å²) in [5, 5.41) is 9.30. The van der Waals surface area contributed by atoms with Crippen molar-refractivity contribution in [2.24, 2.45) is 11.8 Å². The van der Waals surface area contributed by atoms with E-state index in [-0.39, 0.29) is 6.10 Å². The summed E-state index contributed by atoms with van der Waals surface area (Å²) in [6.45, 7) is 8.58. The van der Waals surface area contributed by atoms with Crippen LogP contribution >= 0.6 is 0 Å². The zero-order valence-corrected chi connectivity index (χ0v) is 10.4. The van der Waals surface area contributed by atoms with Gasteiger partial charge in [-0.1, -0.05) is 40.5 Å². The zero-order valence-electron chi connectivity index (χ0n) is 10.4. The summed E-state index contributed by atoms with van der Waals surface area (Å²) in [6, 6.07) is 0. The number of hydrogen-bond donors (Lipinski definition) is 1. The Morgan fingerprint density at radius 2 is 1.57 bits per heavy atom. The second kappa shape index (κ2) is 8.28. The molecule has 0 heterocycles. The second-order valence-electron chi connectivity index (χ2n) is 4.65. The molecule has 1 nitrogen and oxygen atoms in total. The molecule has 0 aliphatic heterocycles. The van der Waals surface area contributed by atoms with Crippen LogP contribution in [-0.2, 0) is 0 Å². The van der Waals surface area contributed by atoms with Crippen molar-refractivity contribution in [1.29, 1.82) is 0 Å². The van der Waals surface area contributed by atoms with Crippen molar-refractivity contribution in [2.45, 2.75) is 72.3 Å². The summed E-state index contributed by atoms with van der Waals surface area (Å²) >= 11 is 0. The van der Waals surface area contributed by atoms with Crippen LogP contribution in [0, 0.1) is 11.8 Å². The quantitative estimate of drug-likeness (QED) is 0.730. The van der Waals surface area contributed by atoms with E-state index in [0.29, 0.717) is 0 Å². The highest BCUT2D eigenvalue weighted by atomic mass is 16.3. The van der Waals surface area contributed by atoms with Crippen molar-refractivity contribution in [3.8, 4) is 0 Å². The van der Waals surface area contributed by atoms with Crippen LogP contribution in [0.2, 0.25) is 0 Å². The van der Waals surface area contributed by atoms with Gasteiger partial charge in [-0.3, -0.25) is 0 Å². The molecule has 86 valence electrons. The number of aliphatic hydroxyl groups is 1. The molecule has 0 saturated heterocycles. The molecule has 1 saturated carbocycles. The lowest BCUT2D eigenvalue weighted by Crippen LogP contribution is -2.18. The minimum absolute atomic E-state index is 0.0142. The molecule has 1 heteroatoms. The largest absolute Gasteiger partial charge is 0.393 e. The molecule has 0 aromatic carbocycles. The van der Waals surface area contributed by atoms with Crippen LogP contribution in [0.15, 0.2) is 0 Å². The van der Waals surface area contributed by atoms with Gasteiger partial charge in [-0.25, -0.2) is 0 Å². The molecule has 1 fully saturated rings. The van der Waals surface area contributed by atoms with Gasteiger partial charge in [0.15, 0.2) is 0 Å². The maximum Gasteiger partial charge on any atom is 0.0540 e. The predicted octanol–water partition coefficient (Wildman–Crippen LogP) is 4.00. The first kappa shape index (κ1) is 14.0.